The summed E-state index contributed by atoms with van der Waals surface area (Å²) in [4.78, 5) is 6.43. The van der Waals surface area contributed by atoms with E-state index in [-0.39, 0.29) is 17.4 Å². The van der Waals surface area contributed by atoms with Crippen LogP contribution < -0.4 is 4.74 Å². The molecule has 0 radical (unpaired) electrons. The molecule has 148 valence electrons. The third kappa shape index (κ3) is 3.17. The van der Waals surface area contributed by atoms with Crippen LogP contribution in [0.25, 0.3) is 16.9 Å². The van der Waals surface area contributed by atoms with E-state index in [0.29, 0.717) is 23.2 Å². The van der Waals surface area contributed by atoms with E-state index in [4.69, 9.17) is 4.74 Å². The second kappa shape index (κ2) is 6.70. The molecule has 1 fully saturated rings. The summed E-state index contributed by atoms with van der Waals surface area (Å²) in [6, 6.07) is 9.49. The molecule has 2 bridgehead atoms. The monoisotopic (exact) mass is 389 g/mol. The summed E-state index contributed by atoms with van der Waals surface area (Å²) in [5, 5.41) is 19.0. The highest BCUT2D eigenvalue weighted by molar-refractivity contribution is 5.68. The van der Waals surface area contributed by atoms with E-state index in [1.807, 2.05) is 35.0 Å². The second-order valence-electron chi connectivity index (χ2n) is 8.00. The highest BCUT2D eigenvalue weighted by atomic mass is 16.5. The van der Waals surface area contributed by atoms with Crippen molar-refractivity contribution in [2.45, 2.75) is 37.5 Å². The molecular formula is C22H23N5O2. The number of imidazole rings is 1. The van der Waals surface area contributed by atoms with Gasteiger partial charge in [-0.3, -0.25) is 4.90 Å². The number of fused-ring (bicyclic) bond motifs is 2. The lowest BCUT2D eigenvalue weighted by atomic mass is 9.89. The van der Waals surface area contributed by atoms with Crippen LogP contribution in [0.3, 0.4) is 0 Å². The Kier molecular flexibility index (Phi) is 4.13. The lowest BCUT2D eigenvalue weighted by molar-refractivity contribution is 0.0276. The Labute approximate surface area is 169 Å². The maximum atomic E-state index is 10.4. The summed E-state index contributed by atoms with van der Waals surface area (Å²) in [6.45, 7) is 2.24. The molecule has 0 amide bonds. The lowest BCUT2D eigenvalue weighted by Crippen LogP contribution is -2.52. The summed E-state index contributed by atoms with van der Waals surface area (Å²) in [5.41, 5.74) is 2.10. The fourth-order valence-electron chi connectivity index (χ4n) is 4.30. The van der Waals surface area contributed by atoms with Crippen molar-refractivity contribution in [3.05, 3.63) is 61.2 Å². The number of benzene rings is 1. The molecule has 1 saturated heterocycles. The SMILES string of the molecule is CN1C2C=C[C@@]1(C)C[C@H](Oc1ccc(-c3ccc(-n4ccnc4)cc3O)nn1)C2. The van der Waals surface area contributed by atoms with E-state index >= 15 is 0 Å². The quantitative estimate of drug-likeness (QED) is 0.691. The van der Waals surface area contributed by atoms with Gasteiger partial charge in [-0.1, -0.05) is 12.2 Å². The number of ether oxygens (including phenoxy) is 1. The molecule has 3 atom stereocenters. The van der Waals surface area contributed by atoms with Gasteiger partial charge in [-0.05, 0) is 32.2 Å². The van der Waals surface area contributed by atoms with Gasteiger partial charge in [0.05, 0.1) is 17.7 Å². The van der Waals surface area contributed by atoms with Crippen molar-refractivity contribution in [1.82, 2.24) is 24.6 Å². The number of phenolic OH excluding ortho intramolecular Hbond substituents is 1. The molecular weight excluding hydrogens is 366 g/mol. The number of nitrogens with zero attached hydrogens (tertiary/aromatic N) is 5. The molecule has 0 spiro atoms. The zero-order chi connectivity index (χ0) is 20.0. The smallest absolute Gasteiger partial charge is 0.233 e. The van der Waals surface area contributed by atoms with Crippen molar-refractivity contribution in [3.8, 4) is 28.6 Å². The van der Waals surface area contributed by atoms with Gasteiger partial charge in [0, 0.05) is 54.5 Å². The molecule has 3 aromatic rings. The molecule has 2 aliphatic rings. The van der Waals surface area contributed by atoms with E-state index in [2.05, 4.69) is 46.2 Å². The fourth-order valence-corrected chi connectivity index (χ4v) is 4.30. The zero-order valence-corrected chi connectivity index (χ0v) is 16.4. The predicted octanol–water partition coefficient (Wildman–Crippen LogP) is 3.21. The normalized spacial score (nSPS) is 26.0. The van der Waals surface area contributed by atoms with Gasteiger partial charge in [-0.2, -0.15) is 0 Å². The first-order chi connectivity index (χ1) is 14.0. The molecule has 0 aliphatic carbocycles. The van der Waals surface area contributed by atoms with Crippen molar-refractivity contribution in [2.24, 2.45) is 0 Å². The van der Waals surface area contributed by atoms with E-state index in [1.165, 1.54) is 0 Å². The highest BCUT2D eigenvalue weighted by Crippen LogP contribution is 2.39. The number of likely N-dealkylation sites (N-methyl/N-ethyl adjacent to an activating group) is 1. The molecule has 0 saturated carbocycles. The van der Waals surface area contributed by atoms with Gasteiger partial charge in [-0.15, -0.1) is 10.2 Å². The van der Waals surface area contributed by atoms with Gasteiger partial charge in [-0.25, -0.2) is 4.98 Å². The van der Waals surface area contributed by atoms with Crippen molar-refractivity contribution in [2.75, 3.05) is 7.05 Å². The number of hydrogen-bond acceptors (Lipinski definition) is 6. The van der Waals surface area contributed by atoms with Gasteiger partial charge in [0.25, 0.3) is 0 Å². The van der Waals surface area contributed by atoms with E-state index in [0.717, 1.165) is 18.5 Å². The number of hydrogen-bond donors (Lipinski definition) is 1. The van der Waals surface area contributed by atoms with E-state index < -0.39 is 0 Å². The summed E-state index contributed by atoms with van der Waals surface area (Å²) >= 11 is 0. The average Bonchev–Trinajstić information content (AvgIpc) is 3.29. The van der Waals surface area contributed by atoms with Crippen molar-refractivity contribution >= 4 is 0 Å². The van der Waals surface area contributed by atoms with Crippen LogP contribution in [0, 0.1) is 0 Å². The van der Waals surface area contributed by atoms with Crippen molar-refractivity contribution < 1.29 is 9.84 Å². The second-order valence-corrected chi connectivity index (χ2v) is 8.00. The standard InChI is InChI=1S/C22H23N5O2/c1-22-8-7-15(26(22)2)11-17(13-22)29-21-6-5-19(24-25-21)18-4-3-16(12-20(18)28)27-10-9-23-14-27/h3-10,12,14-15,17,28H,11,13H2,1-2H3/t15?,17-,22+/m1/s1. The minimum atomic E-state index is 0.0454. The number of aromatic nitrogens is 4. The fraction of sp³-hybridized carbons (Fsp3) is 0.318. The van der Waals surface area contributed by atoms with Crippen LogP contribution in [0.1, 0.15) is 19.8 Å². The molecule has 1 aromatic carbocycles. The minimum Gasteiger partial charge on any atom is -0.507 e. The Hall–Kier alpha value is -3.19. The summed E-state index contributed by atoms with van der Waals surface area (Å²) in [7, 11) is 2.17. The van der Waals surface area contributed by atoms with Crippen molar-refractivity contribution in [1.29, 1.82) is 0 Å². The van der Waals surface area contributed by atoms with Crippen LogP contribution in [-0.4, -0.2) is 54.5 Å². The Morgan fingerprint density at radius 2 is 2.10 bits per heavy atom. The van der Waals surface area contributed by atoms with Crippen LogP contribution in [0.4, 0.5) is 0 Å². The Bertz CT molecular complexity index is 1050. The third-order valence-corrected chi connectivity index (χ3v) is 6.11. The highest BCUT2D eigenvalue weighted by Gasteiger charge is 2.44. The number of rotatable bonds is 4. The van der Waals surface area contributed by atoms with Crippen LogP contribution >= 0.6 is 0 Å². The molecule has 5 rings (SSSR count). The Morgan fingerprint density at radius 3 is 2.79 bits per heavy atom. The van der Waals surface area contributed by atoms with Crippen LogP contribution in [-0.2, 0) is 0 Å². The van der Waals surface area contributed by atoms with Gasteiger partial charge < -0.3 is 14.4 Å². The molecule has 1 N–H and O–H groups in total. The summed E-state index contributed by atoms with van der Waals surface area (Å²) < 4.78 is 7.96. The first-order valence-corrected chi connectivity index (χ1v) is 9.76. The molecule has 29 heavy (non-hydrogen) atoms. The maximum absolute atomic E-state index is 10.4. The van der Waals surface area contributed by atoms with Gasteiger partial charge in [0.15, 0.2) is 0 Å². The summed E-state index contributed by atoms with van der Waals surface area (Å²) in [5.74, 6) is 0.658. The van der Waals surface area contributed by atoms with Crippen molar-refractivity contribution in [3.63, 3.8) is 0 Å². The van der Waals surface area contributed by atoms with Crippen LogP contribution in [0.5, 0.6) is 11.6 Å². The maximum Gasteiger partial charge on any atom is 0.233 e. The minimum absolute atomic E-state index is 0.0454. The van der Waals surface area contributed by atoms with E-state index in [9.17, 15) is 5.11 Å². The van der Waals surface area contributed by atoms with E-state index in [1.54, 1.807) is 18.6 Å². The molecule has 1 unspecified atom stereocenters. The van der Waals surface area contributed by atoms with Crippen LogP contribution in [0.15, 0.2) is 61.2 Å². The molecule has 7 heteroatoms. The van der Waals surface area contributed by atoms with Gasteiger partial charge in [0.2, 0.25) is 5.88 Å². The molecule has 2 aliphatic heterocycles. The topological polar surface area (TPSA) is 76.3 Å². The summed E-state index contributed by atoms with van der Waals surface area (Å²) in [6.07, 6.45) is 11.7. The van der Waals surface area contributed by atoms with Crippen LogP contribution in [0.2, 0.25) is 0 Å². The number of phenols is 1. The molecule has 2 aromatic heterocycles. The Morgan fingerprint density at radius 1 is 1.21 bits per heavy atom. The average molecular weight is 389 g/mol. The lowest BCUT2D eigenvalue weighted by Gasteiger charge is -2.43. The zero-order valence-electron chi connectivity index (χ0n) is 16.4. The predicted molar refractivity (Wildman–Crippen MR) is 109 cm³/mol. The third-order valence-electron chi connectivity index (χ3n) is 6.11. The largest absolute Gasteiger partial charge is 0.507 e. The number of piperidine rings is 1. The first-order valence-electron chi connectivity index (χ1n) is 9.76. The number of aromatic hydroxyl groups is 1. The molecule has 7 nitrogen and oxygen atoms in total. The first kappa shape index (κ1) is 17.9. The van der Waals surface area contributed by atoms with Gasteiger partial charge >= 0.3 is 0 Å². The van der Waals surface area contributed by atoms with Gasteiger partial charge in [0.1, 0.15) is 11.9 Å². The molecule has 4 heterocycles. The Balaban J connectivity index is 1.31.